The molecule has 0 fully saturated rings. The lowest BCUT2D eigenvalue weighted by Gasteiger charge is -1.73. The van der Waals surface area contributed by atoms with E-state index in [0.29, 0.717) is 0 Å². The number of carbonyl (C=O) groups is 1. The Hall–Kier alpha value is -1.65. The molecule has 0 radical (unpaired) electrons. The predicted octanol–water partition coefficient (Wildman–Crippen LogP) is -0.139. The third kappa shape index (κ3) is 8.35. The molecule has 5 heteroatoms. The number of nitrogens with zero attached hydrogens (tertiary/aromatic N) is 1. The van der Waals surface area contributed by atoms with E-state index in [1.54, 1.807) is 0 Å². The van der Waals surface area contributed by atoms with Crippen molar-refractivity contribution in [2.45, 2.75) is 6.92 Å². The van der Waals surface area contributed by atoms with Gasteiger partial charge in [0.15, 0.2) is 0 Å². The summed E-state index contributed by atoms with van der Waals surface area (Å²) < 4.78 is 0. The van der Waals surface area contributed by atoms with Gasteiger partial charge in [-0.05, 0) is 0 Å². The summed E-state index contributed by atoms with van der Waals surface area (Å²) >= 11 is 0. The first-order valence-corrected chi connectivity index (χ1v) is 2.81. The summed E-state index contributed by atoms with van der Waals surface area (Å²) in [4.78, 5) is 25.1. The van der Waals surface area contributed by atoms with Crippen molar-refractivity contribution in [3.8, 4) is 0 Å². The van der Waals surface area contributed by atoms with Crippen LogP contribution in [0.1, 0.15) is 6.92 Å². The molecule has 0 spiro atoms. The van der Waals surface area contributed by atoms with E-state index in [1.165, 1.54) is 18.6 Å². The Morgan fingerprint density at radius 1 is 1.73 bits per heavy atom. The first-order chi connectivity index (χ1) is 5.13. The van der Waals surface area contributed by atoms with Gasteiger partial charge in [-0.15, -0.1) is 0 Å². The van der Waals surface area contributed by atoms with Gasteiger partial charge in [-0.3, -0.25) is 9.59 Å². The average molecular weight is 156 g/mol. The summed E-state index contributed by atoms with van der Waals surface area (Å²) in [6.07, 6.45) is 2.79. The maximum absolute atomic E-state index is 10.2. The van der Waals surface area contributed by atoms with Gasteiger partial charge in [0.25, 0.3) is 11.5 Å². The van der Waals surface area contributed by atoms with Crippen molar-refractivity contribution in [2.24, 2.45) is 0 Å². The van der Waals surface area contributed by atoms with Crippen LogP contribution in [0.4, 0.5) is 0 Å². The van der Waals surface area contributed by atoms with Crippen LogP contribution in [0.15, 0.2) is 23.4 Å². The second-order valence-corrected chi connectivity index (χ2v) is 1.62. The third-order valence-electron chi connectivity index (χ3n) is 0.593. The highest BCUT2D eigenvalue weighted by Gasteiger charge is 1.70. The van der Waals surface area contributed by atoms with Crippen LogP contribution in [0.2, 0.25) is 0 Å². The van der Waals surface area contributed by atoms with Crippen LogP contribution in [0.3, 0.4) is 0 Å². The number of aromatic amines is 1. The standard InChI is InChI=1S/C4H4N2O.C2H4O2/c7-4-1-2-5-3-6-4;1-2(3)4/h1-3H,(H,5,6,7);1H3,(H,3,4). The van der Waals surface area contributed by atoms with E-state index >= 15 is 0 Å². The molecule has 2 N–H and O–H groups in total. The minimum absolute atomic E-state index is 0.116. The first-order valence-electron chi connectivity index (χ1n) is 2.81. The highest BCUT2D eigenvalue weighted by molar-refractivity contribution is 5.62. The molecule has 0 aliphatic heterocycles. The Labute approximate surface area is 62.7 Å². The number of carboxylic acids is 1. The number of hydrogen-bond donors (Lipinski definition) is 2. The van der Waals surface area contributed by atoms with Crippen LogP contribution in [0.25, 0.3) is 0 Å². The number of aromatic nitrogens is 2. The molecule has 0 atom stereocenters. The number of nitrogens with one attached hydrogen (secondary N) is 1. The molecule has 0 bridgehead atoms. The molecule has 0 aromatic carbocycles. The molecule has 11 heavy (non-hydrogen) atoms. The van der Waals surface area contributed by atoms with Gasteiger partial charge in [0, 0.05) is 19.2 Å². The minimum Gasteiger partial charge on any atom is -0.481 e. The average Bonchev–Trinajstić information content (AvgIpc) is 1.87. The zero-order valence-corrected chi connectivity index (χ0v) is 5.94. The van der Waals surface area contributed by atoms with Gasteiger partial charge in [-0.2, -0.15) is 0 Å². The maximum Gasteiger partial charge on any atom is 0.300 e. The van der Waals surface area contributed by atoms with Crippen molar-refractivity contribution in [1.29, 1.82) is 0 Å². The van der Waals surface area contributed by atoms with Crippen LogP contribution in [-0.2, 0) is 4.79 Å². The fourth-order valence-corrected chi connectivity index (χ4v) is 0.303. The molecular weight excluding hydrogens is 148 g/mol. The van der Waals surface area contributed by atoms with E-state index in [4.69, 9.17) is 9.90 Å². The molecule has 60 valence electrons. The minimum atomic E-state index is -0.833. The fourth-order valence-electron chi connectivity index (χ4n) is 0.303. The van der Waals surface area contributed by atoms with Gasteiger partial charge in [0.05, 0.1) is 6.33 Å². The van der Waals surface area contributed by atoms with Crippen molar-refractivity contribution < 1.29 is 9.90 Å². The van der Waals surface area contributed by atoms with Crippen LogP contribution in [-0.4, -0.2) is 21.0 Å². The number of hydrogen-bond acceptors (Lipinski definition) is 3. The monoisotopic (exact) mass is 156 g/mol. The van der Waals surface area contributed by atoms with Crippen molar-refractivity contribution in [2.75, 3.05) is 0 Å². The highest BCUT2D eigenvalue weighted by Crippen LogP contribution is 1.57. The third-order valence-corrected chi connectivity index (χ3v) is 0.593. The largest absolute Gasteiger partial charge is 0.481 e. The Morgan fingerprint density at radius 3 is 2.45 bits per heavy atom. The van der Waals surface area contributed by atoms with Gasteiger partial charge in [0.1, 0.15) is 0 Å². The lowest BCUT2D eigenvalue weighted by atomic mass is 10.7. The summed E-state index contributed by atoms with van der Waals surface area (Å²) in [6.45, 7) is 1.08. The Morgan fingerprint density at radius 2 is 2.27 bits per heavy atom. The molecule has 0 saturated carbocycles. The smallest absolute Gasteiger partial charge is 0.300 e. The molecule has 0 saturated heterocycles. The molecule has 5 nitrogen and oxygen atoms in total. The predicted molar refractivity (Wildman–Crippen MR) is 38.2 cm³/mol. The van der Waals surface area contributed by atoms with E-state index < -0.39 is 5.97 Å². The molecule has 0 amide bonds. The number of rotatable bonds is 0. The Bertz CT molecular complexity index is 247. The van der Waals surface area contributed by atoms with E-state index in [2.05, 4.69) is 9.97 Å². The van der Waals surface area contributed by atoms with Crippen LogP contribution >= 0.6 is 0 Å². The molecule has 1 aromatic rings. The maximum atomic E-state index is 10.2. The number of carboxylic acid groups (broad SMARTS) is 1. The van der Waals surface area contributed by atoms with Crippen LogP contribution in [0.5, 0.6) is 0 Å². The second kappa shape index (κ2) is 5.16. The van der Waals surface area contributed by atoms with Gasteiger partial charge < -0.3 is 10.1 Å². The van der Waals surface area contributed by atoms with Crippen molar-refractivity contribution in [1.82, 2.24) is 9.97 Å². The fraction of sp³-hybridized carbons (Fsp3) is 0.167. The van der Waals surface area contributed by atoms with Crippen molar-refractivity contribution >= 4 is 5.97 Å². The Balaban J connectivity index is 0.000000218. The van der Waals surface area contributed by atoms with Gasteiger partial charge in [-0.1, -0.05) is 0 Å². The van der Waals surface area contributed by atoms with E-state index in [1.807, 2.05) is 0 Å². The summed E-state index contributed by atoms with van der Waals surface area (Å²) in [6, 6.07) is 1.36. The summed E-state index contributed by atoms with van der Waals surface area (Å²) in [7, 11) is 0. The van der Waals surface area contributed by atoms with Gasteiger partial charge >= 0.3 is 0 Å². The zero-order chi connectivity index (χ0) is 8.69. The normalized spacial score (nSPS) is 7.73. The van der Waals surface area contributed by atoms with E-state index in [-0.39, 0.29) is 5.56 Å². The molecule has 1 aromatic heterocycles. The molecule has 0 aliphatic carbocycles. The second-order valence-electron chi connectivity index (χ2n) is 1.62. The quantitative estimate of drug-likeness (QED) is 0.547. The van der Waals surface area contributed by atoms with Gasteiger partial charge in [-0.25, -0.2) is 4.98 Å². The zero-order valence-electron chi connectivity index (χ0n) is 5.94. The first kappa shape index (κ1) is 9.35. The topological polar surface area (TPSA) is 83.0 Å². The highest BCUT2D eigenvalue weighted by atomic mass is 16.4. The molecule has 0 unspecified atom stereocenters. The molecule has 0 aliphatic rings. The molecular formula is C6H8N2O3. The summed E-state index contributed by atoms with van der Waals surface area (Å²) in [5.41, 5.74) is -0.116. The molecule has 1 rings (SSSR count). The van der Waals surface area contributed by atoms with Crippen molar-refractivity contribution in [3.63, 3.8) is 0 Å². The van der Waals surface area contributed by atoms with Gasteiger partial charge in [0.2, 0.25) is 0 Å². The van der Waals surface area contributed by atoms with E-state index in [9.17, 15) is 4.79 Å². The SMILES string of the molecule is CC(=O)O.O=c1ccnc[nH]1. The summed E-state index contributed by atoms with van der Waals surface area (Å²) in [5.74, 6) is -0.833. The van der Waals surface area contributed by atoms with Crippen molar-refractivity contribution in [3.05, 3.63) is 28.9 Å². The lowest BCUT2D eigenvalue weighted by Crippen LogP contribution is -2.00. The number of H-pyrrole nitrogens is 1. The lowest BCUT2D eigenvalue weighted by molar-refractivity contribution is -0.134. The Kier molecular flexibility index (Phi) is 4.39. The number of aliphatic carboxylic acids is 1. The van der Waals surface area contributed by atoms with Crippen LogP contribution < -0.4 is 5.56 Å². The van der Waals surface area contributed by atoms with E-state index in [0.717, 1.165) is 6.92 Å². The summed E-state index contributed by atoms with van der Waals surface area (Å²) in [5, 5.41) is 7.42. The molecule has 1 heterocycles. The van der Waals surface area contributed by atoms with Crippen LogP contribution in [0, 0.1) is 0 Å².